The van der Waals surface area contributed by atoms with E-state index in [9.17, 15) is 9.59 Å². The summed E-state index contributed by atoms with van der Waals surface area (Å²) in [6.07, 6.45) is -2.28. The van der Waals surface area contributed by atoms with Crippen LogP contribution in [0.2, 0.25) is 0 Å². The Bertz CT molecular complexity index is 587. The van der Waals surface area contributed by atoms with Crippen LogP contribution in [0.5, 0.6) is 0 Å². The third-order valence-electron chi connectivity index (χ3n) is 2.36. The van der Waals surface area contributed by atoms with Gasteiger partial charge in [0.2, 0.25) is 0 Å². The fraction of sp³-hybridized carbons (Fsp3) is 0. The molecule has 0 aromatic heterocycles. The topological polar surface area (TPSA) is 78.9 Å². The summed E-state index contributed by atoms with van der Waals surface area (Å²) >= 11 is 0. The number of carbonyl (C=O) groups excluding carboxylic acids is 1. The quantitative estimate of drug-likeness (QED) is 0.822. The number of para-hydroxylation sites is 2. The molecule has 2 amide bonds. The lowest BCUT2D eigenvalue weighted by molar-refractivity contribution is 0.127. The molecule has 0 heterocycles. The Hall–Kier alpha value is -3.02. The summed E-state index contributed by atoms with van der Waals surface area (Å²) in [5.41, 5.74) is 0.749. The van der Waals surface area contributed by atoms with E-state index in [-0.39, 0.29) is 5.69 Å². The van der Waals surface area contributed by atoms with Gasteiger partial charge in [-0.3, -0.25) is 5.32 Å². The molecule has 0 aliphatic rings. The van der Waals surface area contributed by atoms with Gasteiger partial charge >= 0.3 is 12.2 Å². The second-order valence-corrected chi connectivity index (χ2v) is 3.78. The molecule has 0 aliphatic carbocycles. The number of carboxylic acid groups (broad SMARTS) is 1. The SMILES string of the molecule is O=C(Nc1ccccc1)ON(C(=O)O)c1ccccc1. The van der Waals surface area contributed by atoms with Crippen LogP contribution in [0, 0.1) is 0 Å². The molecule has 0 radical (unpaired) electrons. The molecule has 2 N–H and O–H groups in total. The van der Waals surface area contributed by atoms with E-state index in [4.69, 9.17) is 9.94 Å². The van der Waals surface area contributed by atoms with Crippen LogP contribution in [0.25, 0.3) is 0 Å². The summed E-state index contributed by atoms with van der Waals surface area (Å²) in [6.45, 7) is 0. The second kappa shape index (κ2) is 6.24. The highest BCUT2D eigenvalue weighted by molar-refractivity contribution is 5.90. The van der Waals surface area contributed by atoms with Crippen molar-refractivity contribution in [3.63, 3.8) is 0 Å². The number of benzene rings is 2. The van der Waals surface area contributed by atoms with E-state index in [1.807, 2.05) is 0 Å². The first kappa shape index (κ1) is 13.4. The molecular formula is C14H12N2O4. The average Bonchev–Trinajstić information content (AvgIpc) is 2.46. The molecule has 20 heavy (non-hydrogen) atoms. The van der Waals surface area contributed by atoms with E-state index in [0.29, 0.717) is 10.8 Å². The smallest absolute Gasteiger partial charge is 0.445 e. The minimum atomic E-state index is -1.39. The fourth-order valence-corrected chi connectivity index (χ4v) is 1.51. The van der Waals surface area contributed by atoms with Gasteiger partial charge in [-0.25, -0.2) is 9.59 Å². The van der Waals surface area contributed by atoms with Gasteiger partial charge in [-0.1, -0.05) is 36.4 Å². The van der Waals surface area contributed by atoms with E-state index in [1.54, 1.807) is 48.5 Å². The van der Waals surface area contributed by atoms with Crippen molar-refractivity contribution >= 4 is 23.6 Å². The normalized spacial score (nSPS) is 9.60. The lowest BCUT2D eigenvalue weighted by Gasteiger charge is -2.17. The van der Waals surface area contributed by atoms with Crippen molar-refractivity contribution in [2.45, 2.75) is 0 Å². The number of hydrogen-bond donors (Lipinski definition) is 2. The lowest BCUT2D eigenvalue weighted by atomic mass is 10.3. The summed E-state index contributed by atoms with van der Waals surface area (Å²) in [7, 11) is 0. The molecule has 0 fully saturated rings. The molecule has 6 nitrogen and oxygen atoms in total. The monoisotopic (exact) mass is 272 g/mol. The van der Waals surface area contributed by atoms with Crippen LogP contribution in [0.3, 0.4) is 0 Å². The number of hydroxylamine groups is 1. The van der Waals surface area contributed by atoms with Gasteiger partial charge < -0.3 is 9.94 Å². The fourth-order valence-electron chi connectivity index (χ4n) is 1.51. The predicted molar refractivity (Wildman–Crippen MR) is 73.5 cm³/mol. The first-order valence-electron chi connectivity index (χ1n) is 5.79. The van der Waals surface area contributed by atoms with E-state index in [1.165, 1.54) is 12.1 Å². The zero-order valence-corrected chi connectivity index (χ0v) is 10.4. The van der Waals surface area contributed by atoms with E-state index < -0.39 is 12.2 Å². The first-order chi connectivity index (χ1) is 9.66. The molecular weight excluding hydrogens is 260 g/mol. The van der Waals surface area contributed by atoms with Crippen LogP contribution in [-0.4, -0.2) is 17.3 Å². The maximum absolute atomic E-state index is 11.7. The molecule has 2 rings (SSSR count). The van der Waals surface area contributed by atoms with Gasteiger partial charge in [-0.15, -0.1) is 5.06 Å². The Morgan fingerprint density at radius 3 is 2.05 bits per heavy atom. The number of amides is 2. The van der Waals surface area contributed by atoms with Crippen LogP contribution in [0.4, 0.5) is 21.0 Å². The molecule has 0 saturated carbocycles. The van der Waals surface area contributed by atoms with Crippen LogP contribution >= 0.6 is 0 Å². The van der Waals surface area contributed by atoms with Gasteiger partial charge in [0.1, 0.15) is 0 Å². The molecule has 0 bridgehead atoms. The molecule has 0 unspecified atom stereocenters. The largest absolute Gasteiger partial charge is 0.463 e. The highest BCUT2D eigenvalue weighted by atomic mass is 16.7. The molecule has 0 saturated heterocycles. The number of anilines is 2. The van der Waals surface area contributed by atoms with Gasteiger partial charge in [-0.05, 0) is 24.3 Å². The van der Waals surface area contributed by atoms with Gasteiger partial charge in [0.05, 0.1) is 5.69 Å². The highest BCUT2D eigenvalue weighted by Gasteiger charge is 2.19. The van der Waals surface area contributed by atoms with E-state index in [0.717, 1.165) is 0 Å². The van der Waals surface area contributed by atoms with Crippen molar-refractivity contribution in [3.8, 4) is 0 Å². The summed E-state index contributed by atoms with van der Waals surface area (Å²) < 4.78 is 0. The Kier molecular flexibility index (Phi) is 4.18. The molecule has 0 spiro atoms. The van der Waals surface area contributed by atoms with E-state index in [2.05, 4.69) is 5.32 Å². The van der Waals surface area contributed by atoms with Crippen LogP contribution in [0.15, 0.2) is 60.7 Å². The number of carbonyl (C=O) groups is 2. The molecule has 2 aromatic carbocycles. The lowest BCUT2D eigenvalue weighted by Crippen LogP contribution is -2.34. The second-order valence-electron chi connectivity index (χ2n) is 3.78. The van der Waals surface area contributed by atoms with Gasteiger partial charge in [0.15, 0.2) is 0 Å². The summed E-state index contributed by atoms with van der Waals surface area (Å²) in [5, 5.41) is 12.0. The number of nitrogens with one attached hydrogen (secondary N) is 1. The minimum absolute atomic E-state index is 0.239. The van der Waals surface area contributed by atoms with Crippen molar-refractivity contribution in [3.05, 3.63) is 60.7 Å². The standard InChI is InChI=1S/C14H12N2O4/c17-13(15-11-7-3-1-4-8-11)20-16(14(18)19)12-9-5-2-6-10-12/h1-10H,(H,15,17)(H,18,19). The molecule has 0 aliphatic heterocycles. The van der Waals surface area contributed by atoms with E-state index >= 15 is 0 Å². The van der Waals surface area contributed by atoms with Crippen molar-refractivity contribution in [1.82, 2.24) is 0 Å². The zero-order chi connectivity index (χ0) is 14.4. The third-order valence-corrected chi connectivity index (χ3v) is 2.36. The summed E-state index contributed by atoms with van der Waals surface area (Å²) in [4.78, 5) is 27.6. The molecule has 6 heteroatoms. The summed E-state index contributed by atoms with van der Waals surface area (Å²) in [5.74, 6) is 0. The Morgan fingerprint density at radius 2 is 1.50 bits per heavy atom. The molecule has 0 atom stereocenters. The Labute approximate surface area is 115 Å². The molecule has 102 valence electrons. The maximum Gasteiger partial charge on any atom is 0.445 e. The van der Waals surface area contributed by atoms with Crippen LogP contribution in [0.1, 0.15) is 0 Å². The minimum Gasteiger partial charge on any atom is -0.463 e. The Morgan fingerprint density at radius 1 is 0.950 bits per heavy atom. The Balaban J connectivity index is 2.06. The number of rotatable bonds is 2. The number of hydrogen-bond acceptors (Lipinski definition) is 3. The van der Waals surface area contributed by atoms with Crippen molar-refractivity contribution < 1.29 is 19.5 Å². The van der Waals surface area contributed by atoms with Gasteiger partial charge in [-0.2, -0.15) is 0 Å². The average molecular weight is 272 g/mol. The van der Waals surface area contributed by atoms with Crippen molar-refractivity contribution in [1.29, 1.82) is 0 Å². The van der Waals surface area contributed by atoms with Gasteiger partial charge in [0.25, 0.3) is 0 Å². The first-order valence-corrected chi connectivity index (χ1v) is 5.79. The van der Waals surface area contributed by atoms with Crippen molar-refractivity contribution in [2.24, 2.45) is 0 Å². The van der Waals surface area contributed by atoms with Crippen LogP contribution < -0.4 is 10.4 Å². The van der Waals surface area contributed by atoms with Crippen molar-refractivity contribution in [2.75, 3.05) is 10.4 Å². The molecule has 2 aromatic rings. The third kappa shape index (κ3) is 3.49. The predicted octanol–water partition coefficient (Wildman–Crippen LogP) is 3.33. The highest BCUT2D eigenvalue weighted by Crippen LogP contribution is 2.15. The zero-order valence-electron chi connectivity index (χ0n) is 10.4. The summed E-state index contributed by atoms with van der Waals surface area (Å²) in [6, 6.07) is 16.6. The van der Waals surface area contributed by atoms with Crippen LogP contribution in [-0.2, 0) is 4.84 Å². The number of nitrogens with zero attached hydrogens (tertiary/aromatic N) is 1. The maximum atomic E-state index is 11.7. The van der Waals surface area contributed by atoms with Gasteiger partial charge in [0, 0.05) is 5.69 Å².